The van der Waals surface area contributed by atoms with E-state index in [1.54, 1.807) is 19.9 Å². The van der Waals surface area contributed by atoms with Crippen LogP contribution in [0, 0.1) is 0 Å². The molecule has 0 saturated heterocycles. The smallest absolute Gasteiger partial charge is 0.235 e. The second-order valence-corrected chi connectivity index (χ2v) is 9.37. The monoisotopic (exact) mass is 419 g/mol. The summed E-state index contributed by atoms with van der Waals surface area (Å²) >= 11 is 0. The van der Waals surface area contributed by atoms with Gasteiger partial charge in [0.15, 0.2) is 0 Å². The second-order valence-electron chi connectivity index (χ2n) is 7.13. The zero-order valence-electron chi connectivity index (χ0n) is 16.6. The van der Waals surface area contributed by atoms with Gasteiger partial charge in [0.25, 0.3) is 0 Å². The highest BCUT2D eigenvalue weighted by Crippen LogP contribution is 2.31. The Morgan fingerprint density at radius 1 is 0.800 bits per heavy atom. The minimum Gasteiger partial charge on any atom is -0.283 e. The number of benzene rings is 3. The molecule has 4 aromatic rings. The third kappa shape index (κ3) is 4.08. The van der Waals surface area contributed by atoms with Crippen LogP contribution in [-0.2, 0) is 10.0 Å². The van der Waals surface area contributed by atoms with Crippen molar-refractivity contribution in [2.45, 2.75) is 19.1 Å². The molecule has 0 aliphatic rings. The van der Waals surface area contributed by atoms with Crippen molar-refractivity contribution < 1.29 is 8.42 Å². The number of aromatic amines is 1. The molecule has 0 amide bonds. The molecule has 0 aliphatic heterocycles. The number of H-pyrrole nitrogens is 1. The lowest BCUT2D eigenvalue weighted by Gasteiger charge is -2.15. The number of rotatable bonds is 6. The van der Waals surface area contributed by atoms with Crippen LogP contribution in [-0.4, -0.2) is 34.3 Å². The average molecular weight is 420 g/mol. The molecule has 2 N–H and O–H groups in total. The first-order valence-corrected chi connectivity index (χ1v) is 11.0. The highest BCUT2D eigenvalue weighted by atomic mass is 32.2. The zero-order chi connectivity index (χ0) is 21.1. The molecule has 1 heterocycles. The van der Waals surface area contributed by atoms with Gasteiger partial charge in [0.1, 0.15) is 0 Å². The van der Waals surface area contributed by atoms with Crippen LogP contribution in [0.4, 0.5) is 5.69 Å². The summed E-state index contributed by atoms with van der Waals surface area (Å²) in [5.74, 6) is 0.553. The predicted octanol–water partition coefficient (Wildman–Crippen LogP) is 4.35. The molecular formula is C22H21N5O2S. The Morgan fingerprint density at radius 2 is 1.37 bits per heavy atom. The summed E-state index contributed by atoms with van der Waals surface area (Å²) in [5.41, 5.74) is 5.34. The number of anilines is 1. The first-order valence-electron chi connectivity index (χ1n) is 9.49. The topological polar surface area (TPSA) is 101 Å². The lowest BCUT2D eigenvalue weighted by molar-refractivity contribution is 0.593. The Labute approximate surface area is 175 Å². The number of sulfonamides is 1. The van der Waals surface area contributed by atoms with Crippen LogP contribution in [0.2, 0.25) is 0 Å². The van der Waals surface area contributed by atoms with Crippen LogP contribution in [0.3, 0.4) is 0 Å². The molecule has 152 valence electrons. The van der Waals surface area contributed by atoms with Crippen molar-refractivity contribution in [1.29, 1.82) is 0 Å². The number of aromatic nitrogens is 4. The van der Waals surface area contributed by atoms with Crippen LogP contribution in [0.1, 0.15) is 13.8 Å². The number of nitrogens with zero attached hydrogens (tertiary/aromatic N) is 3. The number of nitrogens with one attached hydrogen (secondary N) is 2. The molecule has 3 aromatic carbocycles. The van der Waals surface area contributed by atoms with Crippen molar-refractivity contribution in [1.82, 2.24) is 20.6 Å². The largest absolute Gasteiger partial charge is 0.283 e. The van der Waals surface area contributed by atoms with Gasteiger partial charge in [-0.1, -0.05) is 66.7 Å². The Kier molecular flexibility index (Phi) is 5.33. The quantitative estimate of drug-likeness (QED) is 0.484. The summed E-state index contributed by atoms with van der Waals surface area (Å²) in [6, 6.07) is 23.3. The number of para-hydroxylation sites is 1. The fourth-order valence-corrected chi connectivity index (χ4v) is 3.75. The molecule has 8 heteroatoms. The second kappa shape index (κ2) is 8.08. The first-order chi connectivity index (χ1) is 14.4. The van der Waals surface area contributed by atoms with E-state index in [0.29, 0.717) is 11.5 Å². The van der Waals surface area contributed by atoms with Crippen molar-refractivity contribution >= 4 is 15.7 Å². The van der Waals surface area contributed by atoms with Crippen LogP contribution in [0.5, 0.6) is 0 Å². The maximum Gasteiger partial charge on any atom is 0.235 e. The molecular weight excluding hydrogens is 398 g/mol. The van der Waals surface area contributed by atoms with E-state index < -0.39 is 15.3 Å². The summed E-state index contributed by atoms with van der Waals surface area (Å²) in [6.07, 6.45) is 0. The van der Waals surface area contributed by atoms with Crippen LogP contribution >= 0.6 is 0 Å². The van der Waals surface area contributed by atoms with Crippen molar-refractivity contribution in [3.8, 4) is 33.6 Å². The van der Waals surface area contributed by atoms with E-state index in [2.05, 4.69) is 25.3 Å². The Hall–Kier alpha value is -3.52. The van der Waals surface area contributed by atoms with Crippen LogP contribution < -0.4 is 4.72 Å². The van der Waals surface area contributed by atoms with E-state index in [-0.39, 0.29) is 0 Å². The zero-order valence-corrected chi connectivity index (χ0v) is 17.4. The van der Waals surface area contributed by atoms with Crippen molar-refractivity contribution in [3.63, 3.8) is 0 Å². The number of hydrogen-bond donors (Lipinski definition) is 2. The molecule has 0 atom stereocenters. The van der Waals surface area contributed by atoms with Gasteiger partial charge >= 0.3 is 0 Å². The van der Waals surface area contributed by atoms with E-state index in [4.69, 9.17) is 0 Å². The Balaban J connectivity index is 1.60. The van der Waals surface area contributed by atoms with Crippen molar-refractivity contribution in [3.05, 3.63) is 72.8 Å². The fraction of sp³-hybridized carbons (Fsp3) is 0.136. The summed E-state index contributed by atoms with van der Waals surface area (Å²) in [7, 11) is -3.42. The number of tetrazole rings is 1. The Bertz CT molecular complexity index is 1230. The van der Waals surface area contributed by atoms with Gasteiger partial charge in [-0.05, 0) is 41.8 Å². The van der Waals surface area contributed by atoms with Gasteiger partial charge in [0, 0.05) is 11.1 Å². The summed E-state index contributed by atoms with van der Waals surface area (Å²) in [4.78, 5) is 0. The minimum absolute atomic E-state index is 0.511. The molecule has 1 aromatic heterocycles. The molecule has 0 spiro atoms. The van der Waals surface area contributed by atoms with Crippen molar-refractivity contribution in [2.75, 3.05) is 4.72 Å². The maximum absolute atomic E-state index is 12.3. The molecule has 0 radical (unpaired) electrons. The fourth-order valence-electron chi connectivity index (χ4n) is 3.03. The molecule has 0 unspecified atom stereocenters. The highest BCUT2D eigenvalue weighted by molar-refractivity contribution is 7.93. The third-order valence-corrected chi connectivity index (χ3v) is 6.56. The van der Waals surface area contributed by atoms with Crippen molar-refractivity contribution in [2.24, 2.45) is 0 Å². The standard InChI is InChI=1S/C22H21N5O2S/c1-15(2)30(28,29)25-21-6-4-3-5-20(21)18-11-7-16(8-12-18)17-9-13-19(14-10-17)22-23-26-27-24-22/h3-15,25H,1-2H3,(H,23,24,26,27). The van der Waals surface area contributed by atoms with E-state index in [0.717, 1.165) is 27.8 Å². The molecule has 30 heavy (non-hydrogen) atoms. The van der Waals surface area contributed by atoms with E-state index in [1.807, 2.05) is 66.7 Å². The molecule has 0 aliphatic carbocycles. The molecule has 0 saturated carbocycles. The lowest BCUT2D eigenvalue weighted by atomic mass is 9.99. The van der Waals surface area contributed by atoms with Crippen LogP contribution in [0.15, 0.2) is 72.8 Å². The van der Waals surface area contributed by atoms with Gasteiger partial charge in [-0.2, -0.15) is 5.21 Å². The third-order valence-electron chi connectivity index (χ3n) is 4.82. The van der Waals surface area contributed by atoms with Gasteiger partial charge in [-0.15, -0.1) is 10.2 Å². The summed E-state index contributed by atoms with van der Waals surface area (Å²) in [5, 5.41) is 13.5. The molecule has 7 nitrogen and oxygen atoms in total. The van der Waals surface area contributed by atoms with E-state index in [9.17, 15) is 8.42 Å². The predicted molar refractivity (Wildman–Crippen MR) is 118 cm³/mol. The minimum atomic E-state index is -3.42. The van der Waals surface area contributed by atoms with Gasteiger partial charge < -0.3 is 0 Å². The van der Waals surface area contributed by atoms with Gasteiger partial charge in [0.2, 0.25) is 15.8 Å². The maximum atomic E-state index is 12.3. The van der Waals surface area contributed by atoms with E-state index in [1.165, 1.54) is 0 Å². The SMILES string of the molecule is CC(C)S(=O)(=O)Nc1ccccc1-c1ccc(-c2ccc(-c3nn[nH]n3)cc2)cc1. The summed E-state index contributed by atoms with van der Waals surface area (Å²) < 4.78 is 27.3. The first kappa shape index (κ1) is 19.8. The molecule has 0 fully saturated rings. The molecule has 4 rings (SSSR count). The normalized spacial score (nSPS) is 11.6. The van der Waals surface area contributed by atoms with Crippen LogP contribution in [0.25, 0.3) is 33.6 Å². The lowest BCUT2D eigenvalue weighted by Crippen LogP contribution is -2.22. The summed E-state index contributed by atoms with van der Waals surface area (Å²) in [6.45, 7) is 3.31. The van der Waals surface area contributed by atoms with E-state index >= 15 is 0 Å². The molecule has 0 bridgehead atoms. The average Bonchev–Trinajstić information content (AvgIpc) is 3.29. The van der Waals surface area contributed by atoms with Gasteiger partial charge in [-0.3, -0.25) is 4.72 Å². The number of hydrogen-bond acceptors (Lipinski definition) is 5. The Morgan fingerprint density at radius 3 is 1.93 bits per heavy atom. The van der Waals surface area contributed by atoms with Gasteiger partial charge in [-0.25, -0.2) is 8.42 Å². The van der Waals surface area contributed by atoms with Gasteiger partial charge in [0.05, 0.1) is 10.9 Å². The highest BCUT2D eigenvalue weighted by Gasteiger charge is 2.17.